The Morgan fingerprint density at radius 3 is 2.81 bits per heavy atom. The average molecular weight is 435 g/mol. The summed E-state index contributed by atoms with van der Waals surface area (Å²) < 4.78 is 32.6. The van der Waals surface area contributed by atoms with Crippen molar-refractivity contribution in [2.45, 2.75) is 26.7 Å². The first-order chi connectivity index (χ1) is 15.5. The lowest BCUT2D eigenvalue weighted by molar-refractivity contribution is 0.0784. The van der Waals surface area contributed by atoms with Crippen LogP contribution in [0.5, 0.6) is 5.75 Å². The van der Waals surface area contributed by atoms with E-state index in [-0.39, 0.29) is 11.7 Å². The first kappa shape index (κ1) is 21.6. The second kappa shape index (κ2) is 9.26. The highest BCUT2D eigenvalue weighted by molar-refractivity contribution is 5.95. The van der Waals surface area contributed by atoms with Gasteiger partial charge < -0.3 is 9.64 Å². The van der Waals surface area contributed by atoms with Gasteiger partial charge in [-0.1, -0.05) is 12.1 Å². The minimum Gasteiger partial charge on any atom is -0.493 e. The van der Waals surface area contributed by atoms with Crippen LogP contribution in [0.1, 0.15) is 39.7 Å². The Kier molecular flexibility index (Phi) is 6.25. The maximum Gasteiger partial charge on any atom is 0.254 e. The van der Waals surface area contributed by atoms with E-state index >= 15 is 0 Å². The van der Waals surface area contributed by atoms with Crippen molar-refractivity contribution in [2.24, 2.45) is 4.99 Å². The molecule has 1 aliphatic rings. The van der Waals surface area contributed by atoms with Crippen LogP contribution in [0.3, 0.4) is 0 Å². The minimum absolute atomic E-state index is 0.195. The number of benzene rings is 2. The van der Waals surface area contributed by atoms with Crippen LogP contribution in [0.25, 0.3) is 11.1 Å². The van der Waals surface area contributed by atoms with E-state index in [4.69, 9.17) is 4.74 Å². The fraction of sp³-hybridized carbons (Fsp3) is 0.240. The molecule has 0 saturated heterocycles. The molecule has 0 radical (unpaired) electrons. The molecule has 0 spiro atoms. The first-order valence-electron chi connectivity index (χ1n) is 10.4. The van der Waals surface area contributed by atoms with Gasteiger partial charge in [0.05, 0.1) is 18.8 Å². The van der Waals surface area contributed by atoms with Gasteiger partial charge in [-0.15, -0.1) is 0 Å². The molecular formula is C25H23F2N3O2. The van der Waals surface area contributed by atoms with E-state index in [1.807, 2.05) is 6.92 Å². The van der Waals surface area contributed by atoms with Crippen molar-refractivity contribution in [3.63, 3.8) is 0 Å². The predicted octanol–water partition coefficient (Wildman–Crippen LogP) is 4.96. The summed E-state index contributed by atoms with van der Waals surface area (Å²) in [6.07, 6.45) is 3.26. The number of aromatic nitrogens is 1. The number of alkyl halides is 1. The molecule has 5 nitrogen and oxygen atoms in total. The molecule has 0 aliphatic carbocycles. The molecule has 1 aromatic heterocycles. The van der Waals surface area contributed by atoms with Crippen molar-refractivity contribution < 1.29 is 18.3 Å². The van der Waals surface area contributed by atoms with E-state index in [0.29, 0.717) is 53.4 Å². The van der Waals surface area contributed by atoms with Gasteiger partial charge in [-0.05, 0) is 53.9 Å². The van der Waals surface area contributed by atoms with Crippen LogP contribution in [-0.4, -0.2) is 35.7 Å². The molecule has 0 saturated carbocycles. The number of nitrogens with zero attached hydrogens (tertiary/aromatic N) is 3. The average Bonchev–Trinajstić information content (AvgIpc) is 3.29. The second-order valence-electron chi connectivity index (χ2n) is 7.54. The lowest BCUT2D eigenvalue weighted by Gasteiger charge is -2.20. The number of hydrogen-bond donors (Lipinski definition) is 0. The van der Waals surface area contributed by atoms with E-state index in [1.165, 1.54) is 12.1 Å². The summed E-state index contributed by atoms with van der Waals surface area (Å²) >= 11 is 0. The van der Waals surface area contributed by atoms with Crippen LogP contribution in [0.2, 0.25) is 0 Å². The smallest absolute Gasteiger partial charge is 0.254 e. The summed E-state index contributed by atoms with van der Waals surface area (Å²) in [5.74, 6) is -0.0201. The molecule has 0 bridgehead atoms. The van der Waals surface area contributed by atoms with E-state index in [2.05, 4.69) is 9.98 Å². The standard InChI is InChI=1S/C25H23F2N3O2/c1-3-32-24-10-17(7-8-20(24)16-5-4-6-19(27)9-16)25(31)30(2)15-18-12-29-23(11-26)22-14-28-13-21(18)22/h4-10,12,14H,3,11,13,15H2,1-2H3. The second-order valence-corrected chi connectivity index (χ2v) is 7.54. The van der Waals surface area contributed by atoms with Crippen LogP contribution in [-0.2, 0) is 19.8 Å². The summed E-state index contributed by atoms with van der Waals surface area (Å²) in [7, 11) is 1.70. The van der Waals surface area contributed by atoms with Gasteiger partial charge in [-0.3, -0.25) is 14.8 Å². The summed E-state index contributed by atoms with van der Waals surface area (Å²) in [6, 6.07) is 11.4. The van der Waals surface area contributed by atoms with Gasteiger partial charge >= 0.3 is 0 Å². The third-order valence-electron chi connectivity index (χ3n) is 5.41. The highest BCUT2D eigenvalue weighted by atomic mass is 19.1. The van der Waals surface area contributed by atoms with Gasteiger partial charge in [0.1, 0.15) is 18.2 Å². The van der Waals surface area contributed by atoms with Crippen LogP contribution in [0.15, 0.2) is 53.7 Å². The lowest BCUT2D eigenvalue weighted by Crippen LogP contribution is -2.27. The quantitative estimate of drug-likeness (QED) is 0.527. The molecule has 1 amide bonds. The molecule has 4 rings (SSSR count). The zero-order chi connectivity index (χ0) is 22.7. The van der Waals surface area contributed by atoms with Gasteiger partial charge in [-0.2, -0.15) is 0 Å². The first-order valence-corrected chi connectivity index (χ1v) is 10.4. The van der Waals surface area contributed by atoms with Crippen molar-refractivity contribution in [3.05, 3.63) is 82.4 Å². The minimum atomic E-state index is -0.652. The fourth-order valence-electron chi connectivity index (χ4n) is 3.83. The van der Waals surface area contributed by atoms with Crippen molar-refractivity contribution in [1.29, 1.82) is 0 Å². The molecular weight excluding hydrogens is 412 g/mol. The maximum atomic E-state index is 13.7. The number of halogens is 2. The largest absolute Gasteiger partial charge is 0.493 e. The zero-order valence-corrected chi connectivity index (χ0v) is 17.9. The van der Waals surface area contributed by atoms with Crippen molar-refractivity contribution >= 4 is 12.1 Å². The number of hydrogen-bond acceptors (Lipinski definition) is 4. The lowest BCUT2D eigenvalue weighted by atomic mass is 10.0. The van der Waals surface area contributed by atoms with E-state index in [0.717, 1.165) is 11.1 Å². The number of carbonyl (C=O) groups excluding carboxylic acids is 1. The molecule has 2 heterocycles. The highest BCUT2D eigenvalue weighted by Crippen LogP contribution is 2.32. The molecule has 32 heavy (non-hydrogen) atoms. The Hall–Kier alpha value is -3.61. The Morgan fingerprint density at radius 1 is 1.22 bits per heavy atom. The number of fused-ring (bicyclic) bond motifs is 1. The van der Waals surface area contributed by atoms with Crippen LogP contribution >= 0.6 is 0 Å². The molecule has 0 atom stereocenters. The van der Waals surface area contributed by atoms with Crippen LogP contribution in [0.4, 0.5) is 8.78 Å². The van der Waals surface area contributed by atoms with Crippen molar-refractivity contribution in [1.82, 2.24) is 9.88 Å². The highest BCUT2D eigenvalue weighted by Gasteiger charge is 2.21. The molecule has 7 heteroatoms. The normalized spacial score (nSPS) is 12.0. The van der Waals surface area contributed by atoms with Gasteiger partial charge in [0.2, 0.25) is 0 Å². The maximum absolute atomic E-state index is 13.7. The Morgan fingerprint density at radius 2 is 2.06 bits per heavy atom. The molecule has 0 unspecified atom stereocenters. The number of rotatable bonds is 7. The van der Waals surface area contributed by atoms with Crippen LogP contribution < -0.4 is 4.74 Å². The Bertz CT molecular complexity index is 1190. The van der Waals surface area contributed by atoms with Gasteiger partial charge in [0, 0.05) is 42.7 Å². The molecule has 3 aromatic rings. The summed E-state index contributed by atoms with van der Waals surface area (Å²) in [5.41, 5.74) is 4.67. The Labute approximate surface area is 185 Å². The summed E-state index contributed by atoms with van der Waals surface area (Å²) in [5, 5.41) is 0. The van der Waals surface area contributed by atoms with Crippen LogP contribution in [0, 0.1) is 5.82 Å². The summed E-state index contributed by atoms with van der Waals surface area (Å²) in [4.78, 5) is 23.1. The van der Waals surface area contributed by atoms with E-state index in [9.17, 15) is 13.6 Å². The zero-order valence-electron chi connectivity index (χ0n) is 17.9. The third kappa shape index (κ3) is 4.23. The predicted molar refractivity (Wildman–Crippen MR) is 119 cm³/mol. The van der Waals surface area contributed by atoms with Gasteiger partial charge in [-0.25, -0.2) is 8.78 Å². The third-order valence-corrected chi connectivity index (χ3v) is 5.41. The fourth-order valence-corrected chi connectivity index (χ4v) is 3.83. The van der Waals surface area contributed by atoms with Crippen molar-refractivity contribution in [3.8, 4) is 16.9 Å². The molecule has 0 N–H and O–H groups in total. The number of pyridine rings is 1. The van der Waals surface area contributed by atoms with E-state index in [1.54, 1.807) is 54.7 Å². The molecule has 164 valence electrons. The molecule has 0 fully saturated rings. The van der Waals surface area contributed by atoms with E-state index < -0.39 is 6.67 Å². The number of amides is 1. The summed E-state index contributed by atoms with van der Waals surface area (Å²) in [6.45, 7) is 2.39. The number of aliphatic imine (C=N–C) groups is 1. The molecule has 1 aliphatic heterocycles. The molecule has 2 aromatic carbocycles. The number of ether oxygens (including phenoxy) is 1. The number of carbonyl (C=O) groups is 1. The topological polar surface area (TPSA) is 54.8 Å². The SMILES string of the molecule is CCOc1cc(C(=O)N(C)Cc2cnc(CF)c3c2CN=C3)ccc1-c1cccc(F)c1. The monoisotopic (exact) mass is 435 g/mol. The van der Waals surface area contributed by atoms with Gasteiger partial charge in [0.25, 0.3) is 5.91 Å². The Balaban J connectivity index is 1.59. The van der Waals surface area contributed by atoms with Gasteiger partial charge in [0.15, 0.2) is 0 Å². The van der Waals surface area contributed by atoms with Crippen molar-refractivity contribution in [2.75, 3.05) is 13.7 Å².